The molecule has 11 aromatic rings. The van der Waals surface area contributed by atoms with E-state index in [1.165, 1.54) is 79.0 Å². The van der Waals surface area contributed by atoms with Crippen molar-refractivity contribution in [2.24, 2.45) is 0 Å². The Morgan fingerprint density at radius 3 is 2.02 bits per heavy atom. The van der Waals surface area contributed by atoms with Gasteiger partial charge in [-0.15, -0.1) is 22.7 Å². The number of thiophene rings is 2. The standard InChI is InChI=1S/C42H23NOS2/c1-4-10-35-27(7-1)32-18-19-33-30-9-3-6-12-38(30)46-42(33)41(32)43(35)26-15-20-39-34(23-26)31-17-14-25(22-40(31)45-39)24-13-16-29-28-8-2-5-11-36(28)44-37(29)21-24/h1-23H. The Kier molecular flexibility index (Phi) is 4.90. The van der Waals surface area contributed by atoms with Crippen LogP contribution in [0.3, 0.4) is 0 Å². The molecular formula is C42H23NOS2. The summed E-state index contributed by atoms with van der Waals surface area (Å²) in [6.07, 6.45) is 0. The first-order valence-electron chi connectivity index (χ1n) is 15.5. The van der Waals surface area contributed by atoms with Crippen molar-refractivity contribution in [1.82, 2.24) is 4.57 Å². The Hall–Kier alpha value is -5.42. The second-order valence-electron chi connectivity index (χ2n) is 12.1. The molecule has 214 valence electrons. The van der Waals surface area contributed by atoms with Crippen LogP contribution in [0, 0.1) is 0 Å². The van der Waals surface area contributed by atoms with Crippen LogP contribution < -0.4 is 0 Å². The van der Waals surface area contributed by atoms with Gasteiger partial charge in [0.15, 0.2) is 0 Å². The third-order valence-corrected chi connectivity index (χ3v) is 11.9. The molecule has 4 aromatic heterocycles. The van der Waals surface area contributed by atoms with E-state index < -0.39 is 0 Å². The molecule has 4 heterocycles. The average Bonchev–Trinajstić information content (AvgIpc) is 3.85. The number of fused-ring (bicyclic) bond motifs is 13. The van der Waals surface area contributed by atoms with Gasteiger partial charge in [-0.2, -0.15) is 0 Å². The summed E-state index contributed by atoms with van der Waals surface area (Å²) < 4.78 is 14.0. The summed E-state index contributed by atoms with van der Waals surface area (Å²) in [6, 6.07) is 51.0. The Labute approximate surface area is 270 Å². The van der Waals surface area contributed by atoms with E-state index in [0.29, 0.717) is 0 Å². The van der Waals surface area contributed by atoms with Gasteiger partial charge in [0.05, 0.1) is 15.7 Å². The SMILES string of the molecule is c1ccc2c(c1)oc1cc(-c3ccc4c(c3)sc3ccc(-n5c6ccccc6c6ccc7c8ccccc8sc7c65)cc34)ccc12. The highest BCUT2D eigenvalue weighted by atomic mass is 32.1. The highest BCUT2D eigenvalue weighted by Gasteiger charge is 2.18. The smallest absolute Gasteiger partial charge is 0.136 e. The lowest BCUT2D eigenvalue weighted by Crippen LogP contribution is -1.93. The summed E-state index contributed by atoms with van der Waals surface area (Å²) in [6.45, 7) is 0. The quantitative estimate of drug-likeness (QED) is 0.188. The molecule has 0 N–H and O–H groups in total. The van der Waals surface area contributed by atoms with Gasteiger partial charge in [-0.25, -0.2) is 0 Å². The number of hydrogen-bond acceptors (Lipinski definition) is 3. The number of furan rings is 1. The van der Waals surface area contributed by atoms with Crippen LogP contribution in [0.25, 0.3) is 101 Å². The number of hydrogen-bond donors (Lipinski definition) is 0. The Morgan fingerprint density at radius 2 is 1.09 bits per heavy atom. The highest BCUT2D eigenvalue weighted by Crippen LogP contribution is 2.44. The van der Waals surface area contributed by atoms with Crippen LogP contribution in [0.15, 0.2) is 144 Å². The van der Waals surface area contributed by atoms with Crippen LogP contribution in [0.2, 0.25) is 0 Å². The summed E-state index contributed by atoms with van der Waals surface area (Å²) in [5, 5.41) is 10.2. The minimum absolute atomic E-state index is 0.929. The second-order valence-corrected chi connectivity index (χ2v) is 14.2. The van der Waals surface area contributed by atoms with E-state index in [0.717, 1.165) is 21.9 Å². The highest BCUT2D eigenvalue weighted by molar-refractivity contribution is 7.26. The maximum atomic E-state index is 6.20. The number of aromatic nitrogens is 1. The molecule has 0 unspecified atom stereocenters. The topological polar surface area (TPSA) is 18.1 Å². The molecule has 0 bridgehead atoms. The van der Waals surface area contributed by atoms with Gasteiger partial charge in [-0.3, -0.25) is 0 Å². The van der Waals surface area contributed by atoms with Crippen LogP contribution in [0.5, 0.6) is 0 Å². The third kappa shape index (κ3) is 3.35. The molecular weight excluding hydrogens is 599 g/mol. The molecule has 7 aromatic carbocycles. The zero-order valence-electron chi connectivity index (χ0n) is 24.5. The van der Waals surface area contributed by atoms with Crippen LogP contribution in [-0.2, 0) is 0 Å². The number of benzene rings is 7. The molecule has 0 spiro atoms. The normalized spacial score (nSPS) is 12.3. The first kappa shape index (κ1) is 24.8. The van der Waals surface area contributed by atoms with Gasteiger partial charge in [-0.1, -0.05) is 84.9 Å². The van der Waals surface area contributed by atoms with Crippen LogP contribution >= 0.6 is 22.7 Å². The lowest BCUT2D eigenvalue weighted by molar-refractivity contribution is 0.669. The fraction of sp³-hybridized carbons (Fsp3) is 0. The maximum Gasteiger partial charge on any atom is 0.136 e. The van der Waals surface area contributed by atoms with Crippen molar-refractivity contribution >= 4 is 107 Å². The summed E-state index contributed by atoms with van der Waals surface area (Å²) in [7, 11) is 0. The first-order chi connectivity index (χ1) is 22.8. The predicted molar refractivity (Wildman–Crippen MR) is 199 cm³/mol. The zero-order chi connectivity index (χ0) is 29.9. The monoisotopic (exact) mass is 621 g/mol. The Bertz CT molecular complexity index is 3040. The summed E-state index contributed by atoms with van der Waals surface area (Å²) in [4.78, 5) is 0. The van der Waals surface area contributed by atoms with Crippen molar-refractivity contribution in [2.75, 3.05) is 0 Å². The van der Waals surface area contributed by atoms with Gasteiger partial charge in [0.1, 0.15) is 11.2 Å². The molecule has 4 heteroatoms. The van der Waals surface area contributed by atoms with E-state index in [2.05, 4.69) is 132 Å². The van der Waals surface area contributed by atoms with E-state index in [-0.39, 0.29) is 0 Å². The third-order valence-electron chi connectivity index (χ3n) is 9.60. The van der Waals surface area contributed by atoms with Crippen LogP contribution in [0.1, 0.15) is 0 Å². The minimum atomic E-state index is 0.929. The second kappa shape index (κ2) is 9.07. The lowest BCUT2D eigenvalue weighted by atomic mass is 10.0. The Balaban J connectivity index is 1.11. The van der Waals surface area contributed by atoms with Gasteiger partial charge in [0, 0.05) is 62.9 Å². The Morgan fingerprint density at radius 1 is 0.413 bits per heavy atom. The molecule has 0 amide bonds. The lowest BCUT2D eigenvalue weighted by Gasteiger charge is -2.09. The van der Waals surface area contributed by atoms with E-state index in [9.17, 15) is 0 Å². The molecule has 0 aliphatic rings. The number of rotatable bonds is 2. The van der Waals surface area contributed by atoms with Gasteiger partial charge in [0.25, 0.3) is 0 Å². The molecule has 0 radical (unpaired) electrons. The van der Waals surface area contributed by atoms with Crippen molar-refractivity contribution in [1.29, 1.82) is 0 Å². The van der Waals surface area contributed by atoms with Crippen molar-refractivity contribution in [3.8, 4) is 16.8 Å². The first-order valence-corrected chi connectivity index (χ1v) is 17.1. The van der Waals surface area contributed by atoms with Crippen LogP contribution in [-0.4, -0.2) is 4.57 Å². The molecule has 0 saturated carbocycles. The van der Waals surface area contributed by atoms with E-state index >= 15 is 0 Å². The van der Waals surface area contributed by atoms with E-state index in [1.807, 2.05) is 34.8 Å². The fourth-order valence-corrected chi connectivity index (χ4v) is 9.85. The fourth-order valence-electron chi connectivity index (χ4n) is 7.49. The van der Waals surface area contributed by atoms with Crippen LogP contribution in [0.4, 0.5) is 0 Å². The van der Waals surface area contributed by atoms with Gasteiger partial charge in [-0.05, 0) is 65.7 Å². The minimum Gasteiger partial charge on any atom is -0.456 e. The molecule has 46 heavy (non-hydrogen) atoms. The largest absolute Gasteiger partial charge is 0.456 e. The van der Waals surface area contributed by atoms with Crippen molar-refractivity contribution < 1.29 is 4.42 Å². The summed E-state index contributed by atoms with van der Waals surface area (Å²) in [5.74, 6) is 0. The van der Waals surface area contributed by atoms with E-state index in [1.54, 1.807) is 0 Å². The zero-order valence-corrected chi connectivity index (χ0v) is 26.1. The summed E-state index contributed by atoms with van der Waals surface area (Å²) in [5.41, 5.74) is 7.97. The van der Waals surface area contributed by atoms with Crippen molar-refractivity contribution in [3.05, 3.63) is 140 Å². The van der Waals surface area contributed by atoms with Crippen molar-refractivity contribution in [2.45, 2.75) is 0 Å². The molecule has 2 nitrogen and oxygen atoms in total. The molecule has 0 atom stereocenters. The molecule has 0 aliphatic heterocycles. The predicted octanol–water partition coefficient (Wildman–Crippen LogP) is 13.1. The molecule has 0 fully saturated rings. The molecule has 11 rings (SSSR count). The summed E-state index contributed by atoms with van der Waals surface area (Å²) >= 11 is 3.76. The van der Waals surface area contributed by atoms with Crippen molar-refractivity contribution in [3.63, 3.8) is 0 Å². The van der Waals surface area contributed by atoms with Gasteiger partial charge in [0.2, 0.25) is 0 Å². The van der Waals surface area contributed by atoms with Gasteiger partial charge < -0.3 is 8.98 Å². The maximum absolute atomic E-state index is 6.20. The van der Waals surface area contributed by atoms with Gasteiger partial charge >= 0.3 is 0 Å². The number of para-hydroxylation sites is 2. The molecule has 0 aliphatic carbocycles. The molecule has 0 saturated heterocycles. The average molecular weight is 622 g/mol. The van der Waals surface area contributed by atoms with E-state index in [4.69, 9.17) is 4.42 Å². The number of nitrogens with zero attached hydrogens (tertiary/aromatic N) is 1.